The van der Waals surface area contributed by atoms with Crippen LogP contribution in [0.25, 0.3) is 21.8 Å². The Bertz CT molecular complexity index is 2760. The molecule has 3 aromatic carbocycles. The van der Waals surface area contributed by atoms with Crippen LogP contribution in [-0.4, -0.2) is 64.1 Å². The van der Waals surface area contributed by atoms with Gasteiger partial charge in [0.1, 0.15) is 31.3 Å². The Morgan fingerprint density at radius 2 is 1.61 bits per heavy atom. The highest BCUT2D eigenvalue weighted by molar-refractivity contribution is 6.66. The van der Waals surface area contributed by atoms with Crippen molar-refractivity contribution in [2.75, 3.05) is 14.2 Å². The predicted octanol–water partition coefficient (Wildman–Crippen LogP) is 4.64. The fourth-order valence-electron chi connectivity index (χ4n) is 8.15. The Balaban J connectivity index is 1.25. The monoisotopic (exact) mass is 811 g/mol. The van der Waals surface area contributed by atoms with Crippen molar-refractivity contribution in [3.05, 3.63) is 113 Å². The summed E-state index contributed by atoms with van der Waals surface area (Å²) in [5, 5.41) is 11.6. The van der Waals surface area contributed by atoms with E-state index in [0.29, 0.717) is 38.9 Å². The van der Waals surface area contributed by atoms with Crippen molar-refractivity contribution in [1.82, 2.24) is 23.5 Å². The van der Waals surface area contributed by atoms with Crippen LogP contribution in [0.4, 0.5) is 0 Å². The van der Waals surface area contributed by atoms with Gasteiger partial charge in [-0.25, -0.2) is 28.5 Å². The maximum absolute atomic E-state index is 14.3. The van der Waals surface area contributed by atoms with Crippen molar-refractivity contribution in [3.8, 4) is 17.2 Å². The molecule has 8 rings (SSSR count). The first-order valence-electron chi connectivity index (χ1n) is 16.7. The summed E-state index contributed by atoms with van der Waals surface area (Å²) in [4.78, 5) is 69.8. The molecule has 3 heterocycles. The molecule has 0 radical (unpaired) electrons. The standard InChI is InChI=1S/C37H29Cl4N5O8/c1-43-23-15-26(54-3)25(53-2)14-22(23)42-21(33(43)50)11-12-44-34(51)45-13-10-19-24(46(45)35(44)52)16-36(40)31(48)28(38)29(39)32(49)37(36,41)27(19)20-9-8-17-6-4-5-7-18(17)30(20)47/h4-10,14-15,24,27,47H,11-13,16H2,1-3H3. The number of ketones is 2. The summed E-state index contributed by atoms with van der Waals surface area (Å²) in [5.41, 5.74) is -0.363. The number of allylic oxidation sites excluding steroid dienone is 4. The summed E-state index contributed by atoms with van der Waals surface area (Å²) < 4.78 is 15.5. The molecule has 4 atom stereocenters. The molecule has 278 valence electrons. The van der Waals surface area contributed by atoms with Gasteiger partial charge in [0.2, 0.25) is 0 Å². The molecule has 13 nitrogen and oxygen atoms in total. The number of aromatic nitrogens is 5. The topological polar surface area (TPSA) is 157 Å². The van der Waals surface area contributed by atoms with Crippen molar-refractivity contribution >= 4 is 79.8 Å². The number of phenols is 1. The second-order valence-corrected chi connectivity index (χ2v) is 15.4. The number of alkyl halides is 2. The first-order valence-corrected chi connectivity index (χ1v) is 18.2. The Kier molecular flexibility index (Phi) is 8.45. The summed E-state index contributed by atoms with van der Waals surface area (Å²) >= 11 is 27.2. The van der Waals surface area contributed by atoms with Gasteiger partial charge in [-0.15, -0.1) is 23.2 Å². The summed E-state index contributed by atoms with van der Waals surface area (Å²) in [7, 11) is 4.52. The van der Waals surface area contributed by atoms with E-state index in [1.54, 1.807) is 61.7 Å². The number of hydrogen-bond acceptors (Lipinski definition) is 9. The van der Waals surface area contributed by atoms with Gasteiger partial charge in [0.25, 0.3) is 5.56 Å². The number of nitrogens with zero attached hydrogens (tertiary/aromatic N) is 5. The van der Waals surface area contributed by atoms with Gasteiger partial charge in [0.05, 0.1) is 37.8 Å². The van der Waals surface area contributed by atoms with Gasteiger partial charge in [0.15, 0.2) is 23.1 Å². The van der Waals surface area contributed by atoms with Gasteiger partial charge in [-0.05, 0) is 11.0 Å². The molecule has 1 aliphatic heterocycles. The molecule has 5 aromatic rings. The minimum absolute atomic E-state index is 0.0925. The number of carbonyl (C=O) groups excluding carboxylic acids is 2. The number of benzene rings is 3. The smallest absolute Gasteiger partial charge is 0.347 e. The molecule has 2 aliphatic carbocycles. The molecule has 0 bridgehead atoms. The van der Waals surface area contributed by atoms with Crippen LogP contribution in [0.2, 0.25) is 0 Å². The molecule has 4 unspecified atom stereocenters. The van der Waals surface area contributed by atoms with Crippen LogP contribution in [-0.2, 0) is 36.1 Å². The first kappa shape index (κ1) is 36.2. The number of halogens is 4. The minimum Gasteiger partial charge on any atom is -0.507 e. The number of aromatic hydroxyl groups is 1. The van der Waals surface area contributed by atoms with E-state index in [1.807, 2.05) is 0 Å². The maximum Gasteiger partial charge on any atom is 0.347 e. The molecule has 0 saturated heterocycles. The number of Topliss-reactive ketones (excluding diaryl/α,β-unsaturated/α-hetero) is 2. The third kappa shape index (κ3) is 4.77. The Labute approximate surface area is 325 Å². The van der Waals surface area contributed by atoms with E-state index >= 15 is 0 Å². The van der Waals surface area contributed by atoms with Gasteiger partial charge < -0.3 is 19.1 Å². The maximum atomic E-state index is 14.3. The van der Waals surface area contributed by atoms with Crippen molar-refractivity contribution in [3.63, 3.8) is 0 Å². The van der Waals surface area contributed by atoms with Crippen LogP contribution in [0, 0.1) is 0 Å². The summed E-state index contributed by atoms with van der Waals surface area (Å²) in [6, 6.07) is 12.5. The van der Waals surface area contributed by atoms with Crippen LogP contribution in [0.1, 0.15) is 29.6 Å². The number of phenolic OH excluding ortho intramolecular Hbond substituents is 1. The van der Waals surface area contributed by atoms with Crippen LogP contribution >= 0.6 is 46.4 Å². The van der Waals surface area contributed by atoms with Crippen LogP contribution in [0.15, 0.2) is 84.6 Å². The molecule has 2 aromatic heterocycles. The van der Waals surface area contributed by atoms with E-state index in [4.69, 9.17) is 55.9 Å². The zero-order valence-corrected chi connectivity index (χ0v) is 31.8. The quantitative estimate of drug-likeness (QED) is 0.191. The lowest BCUT2D eigenvalue weighted by atomic mass is 9.59. The van der Waals surface area contributed by atoms with E-state index in [1.165, 1.54) is 28.2 Å². The average Bonchev–Trinajstić information content (AvgIpc) is 3.42. The van der Waals surface area contributed by atoms with Crippen molar-refractivity contribution < 1.29 is 24.2 Å². The molecule has 1 fully saturated rings. The lowest BCUT2D eigenvalue weighted by Gasteiger charge is -2.54. The molecule has 0 spiro atoms. The summed E-state index contributed by atoms with van der Waals surface area (Å²) in [6.45, 7) is -0.361. The highest BCUT2D eigenvalue weighted by Crippen LogP contribution is 2.64. The van der Waals surface area contributed by atoms with E-state index in [2.05, 4.69) is 4.98 Å². The number of fused-ring (bicyclic) bond motifs is 6. The second kappa shape index (κ2) is 12.6. The number of carbonyl (C=O) groups is 2. The van der Waals surface area contributed by atoms with Crippen molar-refractivity contribution in [2.45, 2.75) is 47.6 Å². The van der Waals surface area contributed by atoms with Gasteiger partial charge in [-0.2, -0.15) is 0 Å². The molecule has 3 aliphatic rings. The Hall–Kier alpha value is -4.82. The second-order valence-electron chi connectivity index (χ2n) is 13.4. The van der Waals surface area contributed by atoms with Crippen molar-refractivity contribution in [1.29, 1.82) is 0 Å². The van der Waals surface area contributed by atoms with E-state index in [0.717, 1.165) is 4.57 Å². The molecule has 0 amide bonds. The highest BCUT2D eigenvalue weighted by atomic mass is 35.5. The van der Waals surface area contributed by atoms with Gasteiger partial charge >= 0.3 is 11.4 Å². The average molecular weight is 813 g/mol. The molecular weight excluding hydrogens is 784 g/mol. The summed E-state index contributed by atoms with van der Waals surface area (Å²) in [5.74, 6) is -2.57. The number of aryl methyl sites for hydroxylation is 2. The number of hydrogen-bond donors (Lipinski definition) is 1. The first-order chi connectivity index (χ1) is 25.7. The zero-order chi connectivity index (χ0) is 38.6. The van der Waals surface area contributed by atoms with E-state index in [9.17, 15) is 29.1 Å². The van der Waals surface area contributed by atoms with Crippen molar-refractivity contribution in [2.24, 2.45) is 7.05 Å². The molecule has 1 N–H and O–H groups in total. The van der Waals surface area contributed by atoms with Crippen LogP contribution in [0.3, 0.4) is 0 Å². The fourth-order valence-corrected chi connectivity index (χ4v) is 9.66. The fraction of sp³-hybridized carbons (Fsp3) is 0.297. The van der Waals surface area contributed by atoms with Crippen LogP contribution in [0.5, 0.6) is 17.2 Å². The van der Waals surface area contributed by atoms with Gasteiger partial charge in [0, 0.05) is 55.4 Å². The zero-order valence-electron chi connectivity index (χ0n) is 28.7. The molecule has 54 heavy (non-hydrogen) atoms. The number of methoxy groups -OCH3 is 2. The Morgan fingerprint density at radius 1 is 0.926 bits per heavy atom. The molecular formula is C37H29Cl4N5O8. The normalized spacial score (nSPS) is 23.6. The Morgan fingerprint density at radius 3 is 2.33 bits per heavy atom. The highest BCUT2D eigenvalue weighted by Gasteiger charge is 2.71. The van der Waals surface area contributed by atoms with E-state index in [-0.39, 0.29) is 36.5 Å². The number of rotatable bonds is 6. The van der Waals surface area contributed by atoms with E-state index < -0.39 is 66.7 Å². The lowest BCUT2D eigenvalue weighted by Crippen LogP contribution is -2.67. The third-order valence-corrected chi connectivity index (χ3v) is 13.1. The summed E-state index contributed by atoms with van der Waals surface area (Å²) in [6.07, 6.45) is 1.12. The lowest BCUT2D eigenvalue weighted by molar-refractivity contribution is -0.128. The van der Waals surface area contributed by atoms with Crippen LogP contribution < -0.4 is 26.4 Å². The molecule has 1 saturated carbocycles. The SMILES string of the molecule is COc1cc2nc(CCn3c(=O)n4n(c3=O)C3CC5(Cl)C(=O)C(Cl)=C(Cl)C(=O)C5(Cl)C(c5ccc6ccccc6c5O)C3=CC4)c(=O)n(C)c2cc1OC. The number of ether oxygens (including phenoxy) is 2. The molecule has 17 heteroatoms. The predicted molar refractivity (Wildman–Crippen MR) is 203 cm³/mol. The van der Waals surface area contributed by atoms with Gasteiger partial charge in [-0.3, -0.25) is 14.4 Å². The largest absolute Gasteiger partial charge is 0.507 e. The third-order valence-electron chi connectivity index (χ3n) is 10.8. The minimum atomic E-state index is -2.30. The van der Waals surface area contributed by atoms with Gasteiger partial charge in [-0.1, -0.05) is 65.7 Å².